The average molecular weight is 484 g/mol. The molecule has 0 amide bonds. The Labute approximate surface area is 177 Å². The number of hydrogen-bond donors (Lipinski definition) is 2. The van der Waals surface area contributed by atoms with Crippen LogP contribution in [-0.4, -0.2) is 55.1 Å². The van der Waals surface area contributed by atoms with Gasteiger partial charge in [-0.2, -0.15) is 0 Å². The van der Waals surface area contributed by atoms with Gasteiger partial charge in [-0.1, -0.05) is 18.2 Å². The minimum absolute atomic E-state index is 0. The first-order valence-corrected chi connectivity index (χ1v) is 9.40. The molecule has 0 bridgehead atoms. The number of nitrogens with one attached hydrogen (secondary N) is 2. The second-order valence-corrected chi connectivity index (χ2v) is 6.64. The summed E-state index contributed by atoms with van der Waals surface area (Å²) in [6, 6.07) is 10.5. The number of fused-ring (bicyclic) bond motifs is 1. The van der Waals surface area contributed by atoms with E-state index in [1.165, 1.54) is 16.6 Å². The molecule has 0 saturated carbocycles. The Bertz CT molecular complexity index is 741. The average Bonchev–Trinajstić information content (AvgIpc) is 3.08. The highest BCUT2D eigenvalue weighted by atomic mass is 127. The van der Waals surface area contributed by atoms with Crippen LogP contribution < -0.4 is 5.32 Å². The van der Waals surface area contributed by atoms with Gasteiger partial charge in [0.25, 0.3) is 0 Å². The number of ether oxygens (including phenoxy) is 1. The third kappa shape index (κ3) is 5.60. The third-order valence-corrected chi connectivity index (χ3v) is 4.82. The molecule has 1 aromatic heterocycles. The number of nitrogens with zero attached hydrogens (tertiary/aromatic N) is 2. The Morgan fingerprint density at radius 3 is 2.96 bits per heavy atom. The molecule has 1 aliphatic rings. The van der Waals surface area contributed by atoms with E-state index in [1.54, 1.807) is 7.05 Å². The Balaban J connectivity index is 0.00000261. The number of carbonyl (C=O) groups excluding carboxylic acids is 1. The minimum Gasteiger partial charge on any atom is -0.466 e. The Kier molecular flexibility index (Phi) is 8.40. The van der Waals surface area contributed by atoms with Crippen LogP contribution in [0.15, 0.2) is 35.3 Å². The minimum atomic E-state index is -0.0919. The van der Waals surface area contributed by atoms with Crippen LogP contribution in [0.1, 0.15) is 25.5 Å². The van der Waals surface area contributed by atoms with E-state index < -0.39 is 0 Å². The van der Waals surface area contributed by atoms with Gasteiger partial charge in [0.15, 0.2) is 5.96 Å². The number of esters is 1. The van der Waals surface area contributed by atoms with Crippen LogP contribution in [0.2, 0.25) is 0 Å². The van der Waals surface area contributed by atoms with Crippen molar-refractivity contribution in [2.75, 3.05) is 33.3 Å². The van der Waals surface area contributed by atoms with Crippen molar-refractivity contribution in [2.24, 2.45) is 10.9 Å². The monoisotopic (exact) mass is 484 g/mol. The molecular weight excluding hydrogens is 455 g/mol. The van der Waals surface area contributed by atoms with Crippen molar-refractivity contribution in [3.05, 3.63) is 36.0 Å². The molecule has 1 aromatic carbocycles. The molecule has 0 unspecified atom stereocenters. The number of H-pyrrole nitrogens is 1. The van der Waals surface area contributed by atoms with E-state index in [0.29, 0.717) is 13.2 Å². The number of guanidine groups is 1. The van der Waals surface area contributed by atoms with Gasteiger partial charge in [0, 0.05) is 44.3 Å². The molecule has 2 aromatic rings. The van der Waals surface area contributed by atoms with Crippen LogP contribution in [0.4, 0.5) is 0 Å². The maximum atomic E-state index is 12.0. The summed E-state index contributed by atoms with van der Waals surface area (Å²) in [6.07, 6.45) is 2.76. The summed E-state index contributed by atoms with van der Waals surface area (Å²) in [5, 5.41) is 4.66. The highest BCUT2D eigenvalue weighted by molar-refractivity contribution is 14.0. The predicted octanol–water partition coefficient (Wildman–Crippen LogP) is 3.18. The fourth-order valence-electron chi connectivity index (χ4n) is 3.53. The van der Waals surface area contributed by atoms with E-state index in [9.17, 15) is 4.79 Å². The lowest BCUT2D eigenvalue weighted by Gasteiger charge is -2.33. The van der Waals surface area contributed by atoms with E-state index >= 15 is 0 Å². The molecule has 3 rings (SSSR count). The van der Waals surface area contributed by atoms with Gasteiger partial charge in [0.05, 0.1) is 12.5 Å². The fourth-order valence-corrected chi connectivity index (χ4v) is 3.53. The van der Waals surface area contributed by atoms with E-state index in [2.05, 4.69) is 44.5 Å². The third-order valence-electron chi connectivity index (χ3n) is 4.82. The molecule has 0 spiro atoms. The number of rotatable bonds is 5. The molecule has 27 heavy (non-hydrogen) atoms. The molecule has 1 fully saturated rings. The summed E-state index contributed by atoms with van der Waals surface area (Å²) in [4.78, 5) is 22.0. The standard InChI is InChI=1S/C20H28N4O2.HI/c1-3-26-19(25)16-8-6-12-24(14-16)20(21-2)22-11-10-17-13-15-7-4-5-9-18(15)23-17;/h4-5,7,9,13,16,23H,3,6,8,10-12,14H2,1-2H3,(H,21,22);1H/t16-;/m1./s1. The number of aromatic amines is 1. The lowest BCUT2D eigenvalue weighted by Crippen LogP contribution is -2.48. The van der Waals surface area contributed by atoms with Crippen LogP contribution in [-0.2, 0) is 16.0 Å². The summed E-state index contributed by atoms with van der Waals surface area (Å²) in [5.74, 6) is 0.705. The fraction of sp³-hybridized carbons (Fsp3) is 0.500. The first-order chi connectivity index (χ1) is 12.7. The molecule has 2 N–H and O–H groups in total. The molecule has 0 radical (unpaired) electrons. The number of benzene rings is 1. The molecule has 6 nitrogen and oxygen atoms in total. The van der Waals surface area contributed by atoms with Crippen LogP contribution in [0.25, 0.3) is 10.9 Å². The van der Waals surface area contributed by atoms with Crippen molar-refractivity contribution in [1.29, 1.82) is 0 Å². The van der Waals surface area contributed by atoms with Gasteiger partial charge >= 0.3 is 5.97 Å². The van der Waals surface area contributed by atoms with Crippen LogP contribution in [0.5, 0.6) is 0 Å². The summed E-state index contributed by atoms with van der Waals surface area (Å²) < 4.78 is 5.18. The maximum Gasteiger partial charge on any atom is 0.310 e. The number of aromatic nitrogens is 1. The highest BCUT2D eigenvalue weighted by Gasteiger charge is 2.28. The molecule has 7 heteroatoms. The van der Waals surface area contributed by atoms with E-state index in [-0.39, 0.29) is 35.9 Å². The van der Waals surface area contributed by atoms with Crippen LogP contribution in [0, 0.1) is 5.92 Å². The van der Waals surface area contributed by atoms with Crippen molar-refractivity contribution in [2.45, 2.75) is 26.2 Å². The number of halogens is 1. The molecule has 0 aliphatic carbocycles. The van der Waals surface area contributed by atoms with Gasteiger partial charge in [-0.15, -0.1) is 24.0 Å². The Hall–Kier alpha value is -1.77. The number of aliphatic imine (C=N–C) groups is 1. The Morgan fingerprint density at radius 2 is 2.22 bits per heavy atom. The second kappa shape index (κ2) is 10.5. The zero-order valence-corrected chi connectivity index (χ0v) is 18.4. The zero-order chi connectivity index (χ0) is 18.4. The van der Waals surface area contributed by atoms with Gasteiger partial charge in [-0.3, -0.25) is 9.79 Å². The zero-order valence-electron chi connectivity index (χ0n) is 16.0. The highest BCUT2D eigenvalue weighted by Crippen LogP contribution is 2.18. The van der Waals surface area contributed by atoms with Crippen molar-refractivity contribution < 1.29 is 9.53 Å². The van der Waals surface area contributed by atoms with E-state index in [1.807, 2.05) is 13.0 Å². The van der Waals surface area contributed by atoms with Crippen molar-refractivity contribution in [1.82, 2.24) is 15.2 Å². The summed E-state index contributed by atoms with van der Waals surface area (Å²) in [6.45, 7) is 4.67. The molecular formula is C20H29IN4O2. The molecule has 1 aliphatic heterocycles. The first kappa shape index (κ1) is 21.5. The quantitative estimate of drug-likeness (QED) is 0.296. The number of para-hydroxylation sites is 1. The largest absolute Gasteiger partial charge is 0.466 e. The van der Waals surface area contributed by atoms with Crippen molar-refractivity contribution in [3.8, 4) is 0 Å². The number of hydrogen-bond acceptors (Lipinski definition) is 3. The topological polar surface area (TPSA) is 69.7 Å². The number of piperidine rings is 1. The van der Waals surface area contributed by atoms with Gasteiger partial charge < -0.3 is 19.9 Å². The van der Waals surface area contributed by atoms with Gasteiger partial charge in [0.2, 0.25) is 0 Å². The van der Waals surface area contributed by atoms with Gasteiger partial charge in [-0.25, -0.2) is 0 Å². The SMILES string of the molecule is CCOC(=O)[C@@H]1CCCN(C(=NC)NCCc2cc3ccccc3[nH]2)C1.I. The normalized spacial score (nSPS) is 17.5. The number of likely N-dealkylation sites (tertiary alicyclic amines) is 1. The summed E-state index contributed by atoms with van der Waals surface area (Å²) in [5.41, 5.74) is 2.37. The lowest BCUT2D eigenvalue weighted by atomic mass is 9.98. The van der Waals surface area contributed by atoms with Crippen molar-refractivity contribution >= 4 is 46.8 Å². The summed E-state index contributed by atoms with van der Waals surface area (Å²) >= 11 is 0. The van der Waals surface area contributed by atoms with Crippen LogP contribution >= 0.6 is 24.0 Å². The van der Waals surface area contributed by atoms with Crippen LogP contribution in [0.3, 0.4) is 0 Å². The molecule has 2 heterocycles. The molecule has 148 valence electrons. The second-order valence-electron chi connectivity index (χ2n) is 6.64. The van der Waals surface area contributed by atoms with Gasteiger partial charge in [0.1, 0.15) is 0 Å². The molecule has 1 saturated heterocycles. The van der Waals surface area contributed by atoms with E-state index in [4.69, 9.17) is 4.74 Å². The number of carbonyl (C=O) groups is 1. The first-order valence-electron chi connectivity index (χ1n) is 9.40. The van der Waals surface area contributed by atoms with Crippen molar-refractivity contribution in [3.63, 3.8) is 0 Å². The lowest BCUT2D eigenvalue weighted by molar-refractivity contribution is -0.149. The molecule has 1 atom stereocenters. The summed E-state index contributed by atoms with van der Waals surface area (Å²) in [7, 11) is 1.79. The van der Waals surface area contributed by atoms with Gasteiger partial charge in [-0.05, 0) is 37.3 Å². The smallest absolute Gasteiger partial charge is 0.310 e. The Morgan fingerprint density at radius 1 is 1.41 bits per heavy atom. The van der Waals surface area contributed by atoms with E-state index in [0.717, 1.165) is 38.3 Å². The maximum absolute atomic E-state index is 12.0. The predicted molar refractivity (Wildman–Crippen MR) is 120 cm³/mol.